The Morgan fingerprint density at radius 2 is 1.95 bits per heavy atom. The Morgan fingerprint density at radius 3 is 2.52 bits per heavy atom. The van der Waals surface area contributed by atoms with E-state index >= 15 is 0 Å². The highest BCUT2D eigenvalue weighted by atomic mass is 79.9. The van der Waals surface area contributed by atoms with Crippen LogP contribution in [0.5, 0.6) is 0 Å². The summed E-state index contributed by atoms with van der Waals surface area (Å²) < 4.78 is 0.968. The summed E-state index contributed by atoms with van der Waals surface area (Å²) >= 11 is 3.37. The average Bonchev–Trinajstić information content (AvgIpc) is 2.46. The number of carbonyl (C=O) groups is 1. The second-order valence-electron chi connectivity index (χ2n) is 4.90. The summed E-state index contributed by atoms with van der Waals surface area (Å²) in [6, 6.07) is 9.28. The number of benzene rings is 1. The van der Waals surface area contributed by atoms with Crippen LogP contribution >= 0.6 is 15.9 Å². The number of halogens is 1. The van der Waals surface area contributed by atoms with E-state index in [0.29, 0.717) is 18.1 Å². The number of aliphatic carboxylic acids is 1. The molecule has 21 heavy (non-hydrogen) atoms. The van der Waals surface area contributed by atoms with Crippen LogP contribution in [0.4, 0.5) is 5.95 Å². The Balaban J connectivity index is 2.28. The molecule has 1 aromatic heterocycles. The lowest BCUT2D eigenvalue weighted by Gasteiger charge is -2.15. The molecular weight excluding hydrogens is 334 g/mol. The molecule has 0 aliphatic heterocycles. The van der Waals surface area contributed by atoms with Crippen molar-refractivity contribution in [2.24, 2.45) is 0 Å². The molecule has 0 amide bonds. The molecule has 0 spiro atoms. The minimum absolute atomic E-state index is 0.395. The molecule has 0 radical (unpaired) electrons. The third kappa shape index (κ3) is 4.01. The molecule has 1 unspecified atom stereocenters. The van der Waals surface area contributed by atoms with Gasteiger partial charge < -0.3 is 10.0 Å². The summed E-state index contributed by atoms with van der Waals surface area (Å²) in [7, 11) is 3.65. The van der Waals surface area contributed by atoms with Crippen molar-refractivity contribution in [2.45, 2.75) is 12.3 Å². The van der Waals surface area contributed by atoms with Gasteiger partial charge in [-0.2, -0.15) is 0 Å². The van der Waals surface area contributed by atoms with Crippen LogP contribution in [0.2, 0.25) is 0 Å². The number of hydrogen-bond donors (Lipinski definition) is 1. The standard InChI is InChI=1S/C15H16BrN3O2/c1-19(2)15-17-8-7-13(18-15)12(14(20)21)9-10-3-5-11(16)6-4-10/h3-8,12H,9H2,1-2H3,(H,20,21). The second-order valence-corrected chi connectivity index (χ2v) is 5.81. The molecule has 2 rings (SSSR count). The van der Waals surface area contributed by atoms with Gasteiger partial charge in [0.05, 0.1) is 5.69 Å². The molecule has 5 nitrogen and oxygen atoms in total. The van der Waals surface area contributed by atoms with Crippen LogP contribution in [-0.2, 0) is 11.2 Å². The molecule has 110 valence electrons. The van der Waals surface area contributed by atoms with Crippen molar-refractivity contribution >= 4 is 27.8 Å². The Hall–Kier alpha value is -1.95. The second kappa shape index (κ2) is 6.67. The number of carboxylic acids is 1. The highest BCUT2D eigenvalue weighted by Crippen LogP contribution is 2.22. The van der Waals surface area contributed by atoms with Crippen LogP contribution in [-0.4, -0.2) is 35.1 Å². The van der Waals surface area contributed by atoms with E-state index in [1.165, 1.54) is 0 Å². The maximum atomic E-state index is 11.6. The third-order valence-electron chi connectivity index (χ3n) is 3.07. The fourth-order valence-corrected chi connectivity index (χ4v) is 2.21. The molecule has 0 fully saturated rings. The van der Waals surface area contributed by atoms with Crippen LogP contribution in [0.3, 0.4) is 0 Å². The maximum Gasteiger partial charge on any atom is 0.312 e. The largest absolute Gasteiger partial charge is 0.481 e. The van der Waals surface area contributed by atoms with Crippen molar-refractivity contribution in [1.29, 1.82) is 0 Å². The summed E-state index contributed by atoms with van der Waals surface area (Å²) in [5, 5.41) is 9.49. The van der Waals surface area contributed by atoms with E-state index in [0.717, 1.165) is 10.0 Å². The molecule has 0 saturated carbocycles. The monoisotopic (exact) mass is 349 g/mol. The van der Waals surface area contributed by atoms with Crippen molar-refractivity contribution in [3.8, 4) is 0 Å². The minimum atomic E-state index is -0.888. The van der Waals surface area contributed by atoms with Gasteiger partial charge in [0.25, 0.3) is 0 Å². The Morgan fingerprint density at radius 1 is 1.29 bits per heavy atom. The first-order chi connectivity index (χ1) is 9.97. The van der Waals surface area contributed by atoms with Crippen LogP contribution < -0.4 is 4.90 Å². The zero-order valence-corrected chi connectivity index (χ0v) is 13.4. The maximum absolute atomic E-state index is 11.6. The molecule has 0 aliphatic carbocycles. The lowest BCUT2D eigenvalue weighted by atomic mass is 9.96. The van der Waals surface area contributed by atoms with Gasteiger partial charge in [0, 0.05) is 24.8 Å². The Labute approximate surface area is 131 Å². The zero-order chi connectivity index (χ0) is 15.4. The molecule has 1 atom stereocenters. The number of carboxylic acid groups (broad SMARTS) is 1. The molecule has 2 aromatic rings. The van der Waals surface area contributed by atoms with Gasteiger partial charge in [-0.3, -0.25) is 4.79 Å². The van der Waals surface area contributed by atoms with Crippen molar-refractivity contribution in [2.75, 3.05) is 19.0 Å². The SMILES string of the molecule is CN(C)c1nccc(C(Cc2ccc(Br)cc2)C(=O)O)n1. The summed E-state index contributed by atoms with van der Waals surface area (Å²) in [4.78, 5) is 21.8. The predicted molar refractivity (Wildman–Crippen MR) is 84.6 cm³/mol. The molecule has 1 heterocycles. The molecule has 0 aliphatic rings. The number of hydrogen-bond acceptors (Lipinski definition) is 4. The molecular formula is C15H16BrN3O2. The fourth-order valence-electron chi connectivity index (χ4n) is 1.95. The van der Waals surface area contributed by atoms with Crippen molar-refractivity contribution in [3.05, 3.63) is 52.3 Å². The van der Waals surface area contributed by atoms with Crippen molar-refractivity contribution in [3.63, 3.8) is 0 Å². The lowest BCUT2D eigenvalue weighted by molar-refractivity contribution is -0.138. The zero-order valence-electron chi connectivity index (χ0n) is 11.8. The number of nitrogens with zero attached hydrogens (tertiary/aromatic N) is 3. The van der Waals surface area contributed by atoms with Gasteiger partial charge in [-0.1, -0.05) is 28.1 Å². The van der Waals surface area contributed by atoms with Crippen LogP contribution in [0.15, 0.2) is 41.0 Å². The van der Waals surface area contributed by atoms with Crippen molar-refractivity contribution in [1.82, 2.24) is 9.97 Å². The molecule has 0 saturated heterocycles. The van der Waals surface area contributed by atoms with Gasteiger partial charge in [-0.05, 0) is 30.2 Å². The molecule has 1 N–H and O–H groups in total. The van der Waals surface area contributed by atoms with E-state index in [1.807, 2.05) is 38.4 Å². The van der Waals surface area contributed by atoms with E-state index in [-0.39, 0.29) is 0 Å². The summed E-state index contributed by atoms with van der Waals surface area (Å²) in [5.74, 6) is -1.07. The van der Waals surface area contributed by atoms with E-state index in [2.05, 4.69) is 25.9 Å². The normalized spacial score (nSPS) is 12.0. The van der Waals surface area contributed by atoms with Crippen molar-refractivity contribution < 1.29 is 9.90 Å². The van der Waals surface area contributed by atoms with E-state index in [9.17, 15) is 9.90 Å². The lowest BCUT2D eigenvalue weighted by Crippen LogP contribution is -2.19. The first-order valence-corrected chi connectivity index (χ1v) is 7.24. The van der Waals surface area contributed by atoms with Gasteiger partial charge in [0.1, 0.15) is 5.92 Å². The average molecular weight is 350 g/mol. The topological polar surface area (TPSA) is 66.3 Å². The first kappa shape index (κ1) is 15.4. The fraction of sp³-hybridized carbons (Fsp3) is 0.267. The predicted octanol–water partition coefficient (Wildman–Crippen LogP) is 2.72. The van der Waals surface area contributed by atoms with Gasteiger partial charge in [-0.25, -0.2) is 9.97 Å². The highest BCUT2D eigenvalue weighted by molar-refractivity contribution is 9.10. The minimum Gasteiger partial charge on any atom is -0.481 e. The van der Waals surface area contributed by atoms with E-state index in [4.69, 9.17) is 0 Å². The van der Waals surface area contributed by atoms with Gasteiger partial charge >= 0.3 is 5.97 Å². The van der Waals surface area contributed by atoms with Crippen LogP contribution in [0, 0.1) is 0 Å². The third-order valence-corrected chi connectivity index (χ3v) is 3.60. The number of anilines is 1. The quantitative estimate of drug-likeness (QED) is 0.898. The van der Waals surface area contributed by atoms with Gasteiger partial charge in [0.15, 0.2) is 0 Å². The number of aromatic nitrogens is 2. The molecule has 0 bridgehead atoms. The highest BCUT2D eigenvalue weighted by Gasteiger charge is 2.22. The first-order valence-electron chi connectivity index (χ1n) is 6.45. The van der Waals surface area contributed by atoms with Gasteiger partial charge in [-0.15, -0.1) is 0 Å². The van der Waals surface area contributed by atoms with Gasteiger partial charge in [0.2, 0.25) is 5.95 Å². The van der Waals surface area contributed by atoms with Crippen LogP contribution in [0.1, 0.15) is 17.2 Å². The Bertz CT molecular complexity index is 629. The molecule has 1 aromatic carbocycles. The van der Waals surface area contributed by atoms with E-state index in [1.54, 1.807) is 17.2 Å². The van der Waals surface area contributed by atoms with Crippen LogP contribution in [0.25, 0.3) is 0 Å². The molecule has 6 heteroatoms. The Kier molecular flexibility index (Phi) is 4.90. The van der Waals surface area contributed by atoms with E-state index < -0.39 is 11.9 Å². The summed E-state index contributed by atoms with van der Waals surface area (Å²) in [5.41, 5.74) is 1.47. The summed E-state index contributed by atoms with van der Waals surface area (Å²) in [6.45, 7) is 0. The smallest absolute Gasteiger partial charge is 0.312 e. The summed E-state index contributed by atoms with van der Waals surface area (Å²) in [6.07, 6.45) is 1.99. The number of rotatable bonds is 5.